The molecule has 0 bridgehead atoms. The van der Waals surface area contributed by atoms with Crippen molar-refractivity contribution in [2.45, 2.75) is 37.8 Å². The average Bonchev–Trinajstić information content (AvgIpc) is 3.13. The summed E-state index contributed by atoms with van der Waals surface area (Å²) in [5, 5.41) is 12.6. The SMILES string of the molecule is C=C(CCNC(=O)CO[C@H]1C[C@@H](OC(F)(F)F)C1)c1nnc(-c2ccc(Cl)cn2)s1. The minimum atomic E-state index is -4.64. The third-order valence-electron chi connectivity index (χ3n) is 4.22. The normalized spacial score (nSPS) is 18.7. The molecule has 7 nitrogen and oxygen atoms in total. The van der Waals surface area contributed by atoms with Gasteiger partial charge >= 0.3 is 6.36 Å². The Morgan fingerprint density at radius 1 is 1.30 bits per heavy atom. The smallest absolute Gasteiger partial charge is 0.368 e. The largest absolute Gasteiger partial charge is 0.522 e. The molecular formula is C18H18ClF3N4O3S. The van der Waals surface area contributed by atoms with E-state index in [1.807, 2.05) is 0 Å². The summed E-state index contributed by atoms with van der Waals surface area (Å²) < 4.78 is 45.3. The van der Waals surface area contributed by atoms with E-state index >= 15 is 0 Å². The number of amides is 1. The summed E-state index contributed by atoms with van der Waals surface area (Å²) in [5.41, 5.74) is 1.36. The first-order valence-electron chi connectivity index (χ1n) is 8.96. The van der Waals surface area contributed by atoms with E-state index in [4.69, 9.17) is 16.3 Å². The van der Waals surface area contributed by atoms with Crippen LogP contribution in [0.3, 0.4) is 0 Å². The third kappa shape index (κ3) is 6.73. The van der Waals surface area contributed by atoms with Crippen LogP contribution in [0, 0.1) is 0 Å². The Bertz CT molecular complexity index is 886. The zero-order valence-electron chi connectivity index (χ0n) is 15.6. The van der Waals surface area contributed by atoms with Crippen molar-refractivity contribution in [3.63, 3.8) is 0 Å². The van der Waals surface area contributed by atoms with Gasteiger partial charge in [-0.05, 0) is 24.1 Å². The topological polar surface area (TPSA) is 86.2 Å². The lowest BCUT2D eigenvalue weighted by Gasteiger charge is -2.34. The van der Waals surface area contributed by atoms with Crippen LogP contribution in [-0.2, 0) is 14.3 Å². The fourth-order valence-corrected chi connectivity index (χ4v) is 3.54. The number of rotatable bonds is 9. The van der Waals surface area contributed by atoms with Crippen LogP contribution < -0.4 is 5.32 Å². The van der Waals surface area contributed by atoms with Gasteiger partial charge in [0.15, 0.2) is 5.01 Å². The predicted octanol–water partition coefficient (Wildman–Crippen LogP) is 3.86. The second-order valence-corrected chi connectivity index (χ2v) is 7.98. The van der Waals surface area contributed by atoms with E-state index in [1.54, 1.807) is 12.1 Å². The molecule has 0 aromatic carbocycles. The van der Waals surface area contributed by atoms with Gasteiger partial charge in [0.1, 0.15) is 17.3 Å². The van der Waals surface area contributed by atoms with Crippen LogP contribution in [0.4, 0.5) is 13.2 Å². The first-order chi connectivity index (χ1) is 14.2. The van der Waals surface area contributed by atoms with E-state index in [1.165, 1.54) is 17.5 Å². The molecule has 0 radical (unpaired) electrons. The molecule has 0 aliphatic heterocycles. The molecule has 30 heavy (non-hydrogen) atoms. The summed E-state index contributed by atoms with van der Waals surface area (Å²) in [6.45, 7) is 4.05. The molecule has 1 aliphatic rings. The van der Waals surface area contributed by atoms with Crippen LogP contribution in [-0.4, -0.2) is 52.8 Å². The van der Waals surface area contributed by atoms with Gasteiger partial charge in [-0.15, -0.1) is 23.4 Å². The fourth-order valence-electron chi connectivity index (χ4n) is 2.61. The molecule has 0 spiro atoms. The summed E-state index contributed by atoms with van der Waals surface area (Å²) in [7, 11) is 0. The number of alkyl halides is 3. The first kappa shape index (κ1) is 22.6. The molecule has 1 N–H and O–H groups in total. The van der Waals surface area contributed by atoms with Gasteiger partial charge in [-0.1, -0.05) is 29.5 Å². The van der Waals surface area contributed by atoms with Gasteiger partial charge in [0.05, 0.1) is 17.2 Å². The molecule has 1 amide bonds. The number of ether oxygens (including phenoxy) is 2. The number of aromatic nitrogens is 3. The van der Waals surface area contributed by atoms with Crippen LogP contribution in [0.1, 0.15) is 24.3 Å². The molecular weight excluding hydrogens is 445 g/mol. The van der Waals surface area contributed by atoms with Crippen molar-refractivity contribution < 1.29 is 27.4 Å². The standard InChI is InChI=1S/C18H18ClF3N4O3S/c1-10(16-25-26-17(30-16)14-3-2-11(19)8-24-14)4-5-23-15(27)9-28-12-6-13(7-12)29-18(20,21)22/h2-3,8,12-13H,1,4-7,9H2,(H,23,27)/t12-,13+. The first-order valence-corrected chi connectivity index (χ1v) is 10.2. The van der Waals surface area contributed by atoms with Gasteiger partial charge in [-0.25, -0.2) is 0 Å². The molecule has 2 heterocycles. The number of nitrogens with one attached hydrogen (secondary N) is 1. The van der Waals surface area contributed by atoms with E-state index in [-0.39, 0.29) is 25.4 Å². The Hall–Kier alpha value is -2.08. The van der Waals surface area contributed by atoms with Crippen molar-refractivity contribution in [2.24, 2.45) is 0 Å². The lowest BCUT2D eigenvalue weighted by molar-refractivity contribution is -0.357. The minimum absolute atomic E-state index is 0.117. The molecule has 0 unspecified atom stereocenters. The minimum Gasteiger partial charge on any atom is -0.368 e. The molecule has 2 aromatic heterocycles. The number of hydrogen-bond donors (Lipinski definition) is 1. The zero-order valence-corrected chi connectivity index (χ0v) is 17.2. The molecule has 2 aromatic rings. The van der Waals surface area contributed by atoms with Gasteiger partial charge in [0.25, 0.3) is 0 Å². The third-order valence-corrected chi connectivity index (χ3v) is 5.50. The van der Waals surface area contributed by atoms with Crippen molar-refractivity contribution >= 4 is 34.4 Å². The summed E-state index contributed by atoms with van der Waals surface area (Å²) in [5.74, 6) is -0.355. The highest BCUT2D eigenvalue weighted by Gasteiger charge is 2.40. The molecule has 1 aliphatic carbocycles. The van der Waals surface area contributed by atoms with Gasteiger partial charge in [-0.3, -0.25) is 14.5 Å². The molecule has 12 heteroatoms. The fraction of sp³-hybridized carbons (Fsp3) is 0.444. The van der Waals surface area contributed by atoms with Crippen molar-refractivity contribution in [2.75, 3.05) is 13.2 Å². The number of hydrogen-bond acceptors (Lipinski definition) is 7. The van der Waals surface area contributed by atoms with Crippen LogP contribution in [0.2, 0.25) is 5.02 Å². The Kier molecular flexibility index (Phi) is 7.40. The molecule has 0 saturated heterocycles. The zero-order chi connectivity index (χ0) is 21.7. The van der Waals surface area contributed by atoms with E-state index in [2.05, 4.69) is 31.8 Å². The lowest BCUT2D eigenvalue weighted by Crippen LogP contribution is -2.42. The maximum absolute atomic E-state index is 12.0. The number of carbonyl (C=O) groups excluding carboxylic acids is 1. The maximum atomic E-state index is 12.0. The highest BCUT2D eigenvalue weighted by molar-refractivity contribution is 7.15. The number of halogens is 4. The average molecular weight is 463 g/mol. The van der Waals surface area contributed by atoms with Crippen molar-refractivity contribution in [3.8, 4) is 10.7 Å². The number of pyridine rings is 1. The second-order valence-electron chi connectivity index (χ2n) is 6.57. The number of carbonyl (C=O) groups is 1. The van der Waals surface area contributed by atoms with Crippen LogP contribution in [0.25, 0.3) is 16.3 Å². The lowest BCUT2D eigenvalue weighted by atomic mass is 9.92. The van der Waals surface area contributed by atoms with Gasteiger partial charge in [-0.2, -0.15) is 0 Å². The van der Waals surface area contributed by atoms with Crippen LogP contribution >= 0.6 is 22.9 Å². The summed E-state index contributed by atoms with van der Waals surface area (Å²) in [6, 6.07) is 3.46. The second kappa shape index (κ2) is 9.82. The Morgan fingerprint density at radius 2 is 2.07 bits per heavy atom. The predicted molar refractivity (Wildman–Crippen MR) is 105 cm³/mol. The maximum Gasteiger partial charge on any atom is 0.522 e. The monoisotopic (exact) mass is 462 g/mol. The number of nitrogens with zero attached hydrogens (tertiary/aromatic N) is 3. The van der Waals surface area contributed by atoms with Gasteiger partial charge in [0.2, 0.25) is 5.91 Å². The molecule has 162 valence electrons. The molecule has 1 fully saturated rings. The van der Waals surface area contributed by atoms with E-state index in [0.29, 0.717) is 39.3 Å². The molecule has 1 saturated carbocycles. The summed E-state index contributed by atoms with van der Waals surface area (Å²) in [4.78, 5) is 16.0. The van der Waals surface area contributed by atoms with E-state index < -0.39 is 18.6 Å². The molecule has 0 atom stereocenters. The van der Waals surface area contributed by atoms with Crippen LogP contribution in [0.15, 0.2) is 24.9 Å². The van der Waals surface area contributed by atoms with Crippen LogP contribution in [0.5, 0.6) is 0 Å². The van der Waals surface area contributed by atoms with Crippen molar-refractivity contribution in [1.82, 2.24) is 20.5 Å². The van der Waals surface area contributed by atoms with Crippen molar-refractivity contribution in [3.05, 3.63) is 34.9 Å². The molecule has 3 rings (SSSR count). The van der Waals surface area contributed by atoms with E-state index in [0.717, 1.165) is 0 Å². The van der Waals surface area contributed by atoms with Gasteiger partial charge in [0, 0.05) is 25.6 Å². The van der Waals surface area contributed by atoms with Crippen molar-refractivity contribution in [1.29, 1.82) is 0 Å². The van der Waals surface area contributed by atoms with Gasteiger partial charge < -0.3 is 10.1 Å². The Morgan fingerprint density at radius 3 is 2.73 bits per heavy atom. The quantitative estimate of drug-likeness (QED) is 0.609. The summed E-state index contributed by atoms with van der Waals surface area (Å²) >= 11 is 7.15. The summed E-state index contributed by atoms with van der Waals surface area (Å²) in [6.07, 6.45) is -3.73. The Labute approximate surface area is 179 Å². The highest BCUT2D eigenvalue weighted by Crippen LogP contribution is 2.32. The Balaban J connectivity index is 1.33. The highest BCUT2D eigenvalue weighted by atomic mass is 35.5. The van der Waals surface area contributed by atoms with E-state index in [9.17, 15) is 18.0 Å².